The van der Waals surface area contributed by atoms with Crippen molar-refractivity contribution in [1.82, 2.24) is 15.3 Å². The lowest BCUT2D eigenvalue weighted by molar-refractivity contribution is 0.386. The smallest absolute Gasteiger partial charge is 0.229 e. The summed E-state index contributed by atoms with van der Waals surface area (Å²) >= 11 is 0. The van der Waals surface area contributed by atoms with E-state index < -0.39 is 11.6 Å². The van der Waals surface area contributed by atoms with Crippen molar-refractivity contribution >= 4 is 18.4 Å². The van der Waals surface area contributed by atoms with E-state index in [-0.39, 0.29) is 35.6 Å². The molecule has 1 atom stereocenters. The number of methoxy groups -OCH3 is 2. The van der Waals surface area contributed by atoms with Gasteiger partial charge in [-0.2, -0.15) is 10.2 Å². The molecule has 2 heterocycles. The second kappa shape index (κ2) is 11.3. The zero-order valence-electron chi connectivity index (χ0n) is 19.6. The first-order chi connectivity index (χ1) is 16.5. The summed E-state index contributed by atoms with van der Waals surface area (Å²) in [6, 6.07) is 10.9. The highest BCUT2D eigenvalue weighted by Gasteiger charge is 2.26. The standard InChI is InChI=1S/C25H25F2N5O2.ClH/c1-29-18-5-4-10-32(14-18)25-30-23(16-6-7-17(13-28)19(26)12-16)22(24(31-25)34-3)15-8-9-21(33-2)20(27)11-15;/h6-9,11-12,18,29H,4-5,10,14H2,1-3H3;1H. The summed E-state index contributed by atoms with van der Waals surface area (Å²) in [7, 11) is 4.78. The van der Waals surface area contributed by atoms with Crippen molar-refractivity contribution < 1.29 is 18.3 Å². The number of halogens is 3. The van der Waals surface area contributed by atoms with E-state index in [0.29, 0.717) is 34.9 Å². The van der Waals surface area contributed by atoms with E-state index in [9.17, 15) is 8.78 Å². The summed E-state index contributed by atoms with van der Waals surface area (Å²) < 4.78 is 39.8. The predicted molar refractivity (Wildman–Crippen MR) is 132 cm³/mol. The molecule has 4 rings (SSSR count). The Bertz CT molecular complexity index is 1250. The number of rotatable bonds is 6. The monoisotopic (exact) mass is 501 g/mol. The fraction of sp³-hybridized carbons (Fsp3) is 0.320. The van der Waals surface area contributed by atoms with E-state index in [1.54, 1.807) is 12.1 Å². The maximum absolute atomic E-state index is 14.6. The van der Waals surface area contributed by atoms with Crippen LogP contribution in [0.25, 0.3) is 22.4 Å². The van der Waals surface area contributed by atoms with Gasteiger partial charge in [0.15, 0.2) is 11.6 Å². The van der Waals surface area contributed by atoms with Gasteiger partial charge in [0.2, 0.25) is 11.8 Å². The van der Waals surface area contributed by atoms with Crippen LogP contribution in [-0.2, 0) is 0 Å². The van der Waals surface area contributed by atoms with Gasteiger partial charge in [0, 0.05) is 24.7 Å². The number of benzene rings is 2. The van der Waals surface area contributed by atoms with Crippen LogP contribution in [0.4, 0.5) is 14.7 Å². The molecule has 0 spiro atoms. The predicted octanol–water partition coefficient (Wildman–Crippen LogP) is 4.59. The normalized spacial score (nSPS) is 15.2. The molecule has 0 amide bonds. The summed E-state index contributed by atoms with van der Waals surface area (Å²) in [5.41, 5.74) is 1.59. The van der Waals surface area contributed by atoms with E-state index in [1.165, 1.54) is 38.5 Å². The van der Waals surface area contributed by atoms with Gasteiger partial charge >= 0.3 is 0 Å². The van der Waals surface area contributed by atoms with Gasteiger partial charge in [0.05, 0.1) is 31.0 Å². The van der Waals surface area contributed by atoms with E-state index in [4.69, 9.17) is 19.7 Å². The first-order valence-electron chi connectivity index (χ1n) is 10.9. The Labute approximate surface area is 209 Å². The van der Waals surface area contributed by atoms with Gasteiger partial charge in [-0.1, -0.05) is 12.1 Å². The quantitative estimate of drug-likeness (QED) is 0.529. The van der Waals surface area contributed by atoms with Crippen molar-refractivity contribution in [2.45, 2.75) is 18.9 Å². The molecular weight excluding hydrogens is 476 g/mol. The number of ether oxygens (including phenoxy) is 2. The van der Waals surface area contributed by atoms with E-state index in [2.05, 4.69) is 15.2 Å². The summed E-state index contributed by atoms with van der Waals surface area (Å²) in [5, 5.41) is 12.4. The lowest BCUT2D eigenvalue weighted by Gasteiger charge is -2.33. The number of likely N-dealkylation sites (N-methyl/N-ethyl adjacent to an activating group) is 1. The van der Waals surface area contributed by atoms with Crippen LogP contribution in [0.3, 0.4) is 0 Å². The van der Waals surface area contributed by atoms with Crippen LogP contribution in [0.1, 0.15) is 18.4 Å². The number of nitrogens with zero attached hydrogens (tertiary/aromatic N) is 4. The van der Waals surface area contributed by atoms with Gasteiger partial charge in [-0.25, -0.2) is 13.8 Å². The SMILES string of the molecule is CNC1CCCN(c2nc(OC)c(-c3ccc(OC)c(F)c3)c(-c3ccc(C#N)c(F)c3)n2)C1.Cl. The molecule has 1 unspecified atom stereocenters. The summed E-state index contributed by atoms with van der Waals surface area (Å²) in [4.78, 5) is 11.5. The van der Waals surface area contributed by atoms with Gasteiger partial charge in [-0.3, -0.25) is 0 Å². The van der Waals surface area contributed by atoms with Crippen molar-refractivity contribution in [2.75, 3.05) is 39.3 Å². The number of hydrogen-bond acceptors (Lipinski definition) is 7. The lowest BCUT2D eigenvalue weighted by atomic mass is 9.98. The van der Waals surface area contributed by atoms with Gasteiger partial charge in [0.25, 0.3) is 0 Å². The van der Waals surface area contributed by atoms with E-state index in [0.717, 1.165) is 19.4 Å². The zero-order valence-corrected chi connectivity index (χ0v) is 20.5. The molecule has 0 saturated carbocycles. The van der Waals surface area contributed by atoms with Crippen LogP contribution in [0.15, 0.2) is 36.4 Å². The van der Waals surface area contributed by atoms with Gasteiger partial charge < -0.3 is 19.7 Å². The molecule has 3 aromatic rings. The van der Waals surface area contributed by atoms with Crippen LogP contribution in [0.2, 0.25) is 0 Å². The Morgan fingerprint density at radius 2 is 1.80 bits per heavy atom. The number of anilines is 1. The van der Waals surface area contributed by atoms with Crippen LogP contribution in [0.5, 0.6) is 11.6 Å². The van der Waals surface area contributed by atoms with Crippen LogP contribution in [-0.4, -0.2) is 50.4 Å². The highest BCUT2D eigenvalue weighted by Crippen LogP contribution is 2.40. The fourth-order valence-electron chi connectivity index (χ4n) is 4.16. The number of piperidine rings is 1. The molecule has 1 aromatic heterocycles. The highest BCUT2D eigenvalue weighted by atomic mass is 35.5. The van der Waals surface area contributed by atoms with Crippen molar-refractivity contribution in [1.29, 1.82) is 5.26 Å². The Morgan fingerprint density at radius 3 is 2.43 bits per heavy atom. The number of nitrogens with one attached hydrogen (secondary N) is 1. The molecule has 0 aliphatic carbocycles. The Kier molecular flexibility index (Phi) is 8.43. The molecule has 35 heavy (non-hydrogen) atoms. The molecule has 1 saturated heterocycles. The maximum Gasteiger partial charge on any atom is 0.229 e. The minimum absolute atomic E-state index is 0. The summed E-state index contributed by atoms with van der Waals surface area (Å²) in [6.45, 7) is 1.47. The molecule has 0 bridgehead atoms. The molecule has 1 aliphatic rings. The van der Waals surface area contributed by atoms with Crippen LogP contribution >= 0.6 is 12.4 Å². The van der Waals surface area contributed by atoms with Crippen molar-refractivity contribution in [3.63, 3.8) is 0 Å². The molecule has 2 aromatic carbocycles. The summed E-state index contributed by atoms with van der Waals surface area (Å²) in [5.74, 6) is -0.456. The van der Waals surface area contributed by atoms with Gasteiger partial charge in [-0.15, -0.1) is 12.4 Å². The first kappa shape index (κ1) is 26.1. The Balaban J connectivity index is 0.00000342. The molecule has 0 radical (unpaired) electrons. The van der Waals surface area contributed by atoms with Crippen LogP contribution < -0.4 is 19.7 Å². The van der Waals surface area contributed by atoms with E-state index >= 15 is 0 Å². The lowest BCUT2D eigenvalue weighted by Crippen LogP contribution is -2.45. The highest BCUT2D eigenvalue weighted by molar-refractivity contribution is 5.86. The Hall–Kier alpha value is -3.48. The molecule has 1 aliphatic heterocycles. The van der Waals surface area contributed by atoms with Crippen LogP contribution in [0, 0.1) is 23.0 Å². The first-order valence-corrected chi connectivity index (χ1v) is 10.9. The molecule has 1 N–H and O–H groups in total. The Morgan fingerprint density at radius 1 is 1.06 bits per heavy atom. The second-order valence-corrected chi connectivity index (χ2v) is 7.99. The minimum Gasteiger partial charge on any atom is -0.494 e. The average molecular weight is 502 g/mol. The molecule has 184 valence electrons. The zero-order chi connectivity index (χ0) is 24.2. The number of hydrogen-bond donors (Lipinski definition) is 1. The number of aromatic nitrogens is 2. The maximum atomic E-state index is 14.6. The molecule has 7 nitrogen and oxygen atoms in total. The average Bonchev–Trinajstić information content (AvgIpc) is 2.87. The second-order valence-electron chi connectivity index (χ2n) is 7.99. The fourth-order valence-corrected chi connectivity index (χ4v) is 4.16. The van der Waals surface area contributed by atoms with Gasteiger partial charge in [-0.05, 0) is 49.7 Å². The van der Waals surface area contributed by atoms with Gasteiger partial charge in [0.1, 0.15) is 11.9 Å². The third kappa shape index (κ3) is 5.29. The largest absolute Gasteiger partial charge is 0.494 e. The third-order valence-electron chi connectivity index (χ3n) is 5.97. The third-order valence-corrected chi connectivity index (χ3v) is 5.97. The van der Waals surface area contributed by atoms with Crippen molar-refractivity contribution in [3.05, 3.63) is 53.6 Å². The number of nitriles is 1. The van der Waals surface area contributed by atoms with Crippen molar-refractivity contribution in [3.8, 4) is 40.1 Å². The molecule has 10 heteroatoms. The molecular formula is C25H26ClF2N5O2. The summed E-state index contributed by atoms with van der Waals surface area (Å²) in [6.07, 6.45) is 2.00. The van der Waals surface area contributed by atoms with Crippen molar-refractivity contribution in [2.24, 2.45) is 0 Å². The minimum atomic E-state index is -0.667. The topological polar surface area (TPSA) is 83.3 Å². The molecule has 1 fully saturated rings. The van der Waals surface area contributed by atoms with E-state index in [1.807, 2.05) is 13.1 Å².